The molecule has 0 aliphatic carbocycles. The van der Waals surface area contributed by atoms with Gasteiger partial charge in [-0.1, -0.05) is 0 Å². The third-order valence-electron chi connectivity index (χ3n) is 1.92. The molecule has 10 heavy (non-hydrogen) atoms. The second kappa shape index (κ2) is 4.21. The molecule has 1 saturated heterocycles. The van der Waals surface area contributed by atoms with Crippen LogP contribution in [0.5, 0.6) is 0 Å². The zero-order valence-corrected chi connectivity index (χ0v) is 7.32. The molecule has 1 aliphatic heterocycles. The standard InChI is InChI=1S/C7H16N2S/c1-6-4-9-7(5-10)2-3-8-6/h6-10H,2-5H2,1H3/t6-,7-/m0/s1. The molecule has 0 bridgehead atoms. The lowest BCUT2D eigenvalue weighted by molar-refractivity contribution is 0.545. The molecule has 3 heteroatoms. The second-order valence-electron chi connectivity index (χ2n) is 2.93. The smallest absolute Gasteiger partial charge is 0.0168 e. The molecule has 0 spiro atoms. The van der Waals surface area contributed by atoms with E-state index in [0.29, 0.717) is 12.1 Å². The number of hydrogen-bond acceptors (Lipinski definition) is 3. The van der Waals surface area contributed by atoms with Crippen molar-refractivity contribution >= 4 is 12.6 Å². The van der Waals surface area contributed by atoms with Crippen molar-refractivity contribution in [2.75, 3.05) is 18.8 Å². The van der Waals surface area contributed by atoms with Gasteiger partial charge < -0.3 is 10.6 Å². The highest BCUT2D eigenvalue weighted by Gasteiger charge is 2.12. The van der Waals surface area contributed by atoms with Gasteiger partial charge in [-0.25, -0.2) is 0 Å². The first-order valence-corrected chi connectivity index (χ1v) is 4.54. The van der Waals surface area contributed by atoms with Crippen molar-refractivity contribution < 1.29 is 0 Å². The molecule has 2 atom stereocenters. The van der Waals surface area contributed by atoms with Gasteiger partial charge in [0.15, 0.2) is 0 Å². The Morgan fingerprint density at radius 3 is 3.00 bits per heavy atom. The van der Waals surface area contributed by atoms with E-state index in [1.165, 1.54) is 6.42 Å². The van der Waals surface area contributed by atoms with E-state index in [1.807, 2.05) is 0 Å². The topological polar surface area (TPSA) is 24.1 Å². The SMILES string of the molecule is C[C@H]1CN[C@H](CS)CCN1. The number of thiol groups is 1. The van der Waals surface area contributed by atoms with Gasteiger partial charge in [0.2, 0.25) is 0 Å². The molecular formula is C7H16N2S. The van der Waals surface area contributed by atoms with Crippen LogP contribution in [0.15, 0.2) is 0 Å². The molecule has 0 aromatic heterocycles. The summed E-state index contributed by atoms with van der Waals surface area (Å²) in [7, 11) is 0. The molecule has 1 aliphatic rings. The van der Waals surface area contributed by atoms with Gasteiger partial charge in [-0.15, -0.1) is 0 Å². The van der Waals surface area contributed by atoms with Gasteiger partial charge in [0, 0.05) is 24.4 Å². The zero-order valence-electron chi connectivity index (χ0n) is 6.43. The lowest BCUT2D eigenvalue weighted by Crippen LogP contribution is -2.35. The normalized spacial score (nSPS) is 35.4. The predicted octanol–water partition coefficient (Wildman–Crippen LogP) is 0.256. The van der Waals surface area contributed by atoms with Crippen molar-refractivity contribution in [2.45, 2.75) is 25.4 Å². The fourth-order valence-electron chi connectivity index (χ4n) is 1.18. The second-order valence-corrected chi connectivity index (χ2v) is 3.30. The average Bonchev–Trinajstić information content (AvgIpc) is 2.14. The molecule has 1 rings (SSSR count). The molecule has 0 aromatic carbocycles. The van der Waals surface area contributed by atoms with Crippen molar-refractivity contribution in [3.8, 4) is 0 Å². The summed E-state index contributed by atoms with van der Waals surface area (Å²) in [6, 6.07) is 1.23. The summed E-state index contributed by atoms with van der Waals surface area (Å²) in [5.41, 5.74) is 0. The van der Waals surface area contributed by atoms with E-state index < -0.39 is 0 Å². The van der Waals surface area contributed by atoms with Crippen LogP contribution < -0.4 is 10.6 Å². The Morgan fingerprint density at radius 1 is 1.50 bits per heavy atom. The first kappa shape index (κ1) is 8.37. The van der Waals surface area contributed by atoms with Crippen molar-refractivity contribution in [3.05, 3.63) is 0 Å². The van der Waals surface area contributed by atoms with Gasteiger partial charge in [0.25, 0.3) is 0 Å². The highest BCUT2D eigenvalue weighted by atomic mass is 32.1. The summed E-state index contributed by atoms with van der Waals surface area (Å²) < 4.78 is 0. The quantitative estimate of drug-likeness (QED) is 0.479. The largest absolute Gasteiger partial charge is 0.313 e. The van der Waals surface area contributed by atoms with Gasteiger partial charge in [0.05, 0.1) is 0 Å². The fraction of sp³-hybridized carbons (Fsp3) is 1.00. The fourth-order valence-corrected chi connectivity index (χ4v) is 1.49. The van der Waals surface area contributed by atoms with E-state index >= 15 is 0 Å². The number of hydrogen-bond donors (Lipinski definition) is 3. The van der Waals surface area contributed by atoms with Crippen LogP contribution in [0.25, 0.3) is 0 Å². The molecule has 0 amide bonds. The van der Waals surface area contributed by atoms with E-state index in [1.54, 1.807) is 0 Å². The van der Waals surface area contributed by atoms with Crippen LogP contribution in [0.4, 0.5) is 0 Å². The van der Waals surface area contributed by atoms with Gasteiger partial charge in [-0.2, -0.15) is 12.6 Å². The van der Waals surface area contributed by atoms with E-state index in [0.717, 1.165) is 18.8 Å². The number of nitrogens with one attached hydrogen (secondary N) is 2. The third kappa shape index (κ3) is 2.48. The van der Waals surface area contributed by atoms with Crippen LogP contribution in [0.2, 0.25) is 0 Å². The Hall–Kier alpha value is 0.270. The summed E-state index contributed by atoms with van der Waals surface area (Å²) in [6.07, 6.45) is 1.20. The lowest BCUT2D eigenvalue weighted by atomic mass is 10.2. The minimum atomic E-state index is 0.612. The van der Waals surface area contributed by atoms with Crippen molar-refractivity contribution in [2.24, 2.45) is 0 Å². The molecule has 0 unspecified atom stereocenters. The van der Waals surface area contributed by atoms with Crippen LogP contribution in [-0.4, -0.2) is 30.9 Å². The van der Waals surface area contributed by atoms with Crippen LogP contribution in [0.1, 0.15) is 13.3 Å². The summed E-state index contributed by atoms with van der Waals surface area (Å²) in [4.78, 5) is 0. The highest BCUT2D eigenvalue weighted by Crippen LogP contribution is 1.98. The van der Waals surface area contributed by atoms with Gasteiger partial charge in [-0.05, 0) is 19.9 Å². The molecule has 1 fully saturated rings. The van der Waals surface area contributed by atoms with Gasteiger partial charge >= 0.3 is 0 Å². The van der Waals surface area contributed by atoms with Gasteiger partial charge in [0.1, 0.15) is 0 Å². The molecule has 2 N–H and O–H groups in total. The Morgan fingerprint density at radius 2 is 2.30 bits per heavy atom. The molecule has 1 heterocycles. The summed E-state index contributed by atoms with van der Waals surface area (Å²) >= 11 is 4.25. The average molecular weight is 160 g/mol. The summed E-state index contributed by atoms with van der Waals surface area (Å²) in [5.74, 6) is 0.953. The molecular weight excluding hydrogens is 144 g/mol. The monoisotopic (exact) mass is 160 g/mol. The number of rotatable bonds is 1. The van der Waals surface area contributed by atoms with Gasteiger partial charge in [-0.3, -0.25) is 0 Å². The molecule has 0 radical (unpaired) electrons. The van der Waals surface area contributed by atoms with E-state index in [9.17, 15) is 0 Å². The zero-order chi connectivity index (χ0) is 7.40. The summed E-state index contributed by atoms with van der Waals surface area (Å²) in [6.45, 7) is 4.40. The van der Waals surface area contributed by atoms with Crippen LogP contribution in [0.3, 0.4) is 0 Å². The van der Waals surface area contributed by atoms with Crippen molar-refractivity contribution in [1.29, 1.82) is 0 Å². The molecule has 60 valence electrons. The van der Waals surface area contributed by atoms with E-state index in [4.69, 9.17) is 0 Å². The Kier molecular flexibility index (Phi) is 3.52. The Bertz CT molecular complexity index is 97.6. The maximum atomic E-state index is 4.25. The Labute approximate surface area is 68.2 Å². The summed E-state index contributed by atoms with van der Waals surface area (Å²) in [5, 5.41) is 6.85. The predicted molar refractivity (Wildman–Crippen MR) is 47.7 cm³/mol. The van der Waals surface area contributed by atoms with Crippen molar-refractivity contribution in [3.63, 3.8) is 0 Å². The van der Waals surface area contributed by atoms with E-state index in [2.05, 4.69) is 30.2 Å². The van der Waals surface area contributed by atoms with Crippen LogP contribution >= 0.6 is 12.6 Å². The first-order chi connectivity index (χ1) is 4.83. The minimum Gasteiger partial charge on any atom is -0.313 e. The molecule has 0 aromatic rings. The van der Waals surface area contributed by atoms with Crippen LogP contribution in [-0.2, 0) is 0 Å². The van der Waals surface area contributed by atoms with Crippen LogP contribution in [0, 0.1) is 0 Å². The third-order valence-corrected chi connectivity index (χ3v) is 2.36. The molecule has 0 saturated carbocycles. The van der Waals surface area contributed by atoms with E-state index in [-0.39, 0.29) is 0 Å². The molecule has 2 nitrogen and oxygen atoms in total. The first-order valence-electron chi connectivity index (χ1n) is 3.90. The maximum absolute atomic E-state index is 4.25. The van der Waals surface area contributed by atoms with Crippen molar-refractivity contribution in [1.82, 2.24) is 10.6 Å². The Balaban J connectivity index is 2.26. The highest BCUT2D eigenvalue weighted by molar-refractivity contribution is 7.80. The lowest BCUT2D eigenvalue weighted by Gasteiger charge is -2.11. The maximum Gasteiger partial charge on any atom is 0.0168 e. The minimum absolute atomic E-state index is 0.612.